The highest BCUT2D eigenvalue weighted by Gasteiger charge is 2.43. The molecule has 7 rings (SSSR count). The van der Waals surface area contributed by atoms with E-state index in [1.165, 1.54) is 11.1 Å². The van der Waals surface area contributed by atoms with Gasteiger partial charge in [0.05, 0.1) is 22.8 Å². The fourth-order valence-electron chi connectivity index (χ4n) is 7.37. The van der Waals surface area contributed by atoms with Crippen LogP contribution in [0.2, 0.25) is 0 Å². The number of H-pyrrole nitrogens is 2. The molecule has 0 amide bonds. The first kappa shape index (κ1) is 30.6. The smallest absolute Gasteiger partial charge is 0.185 e. The molecule has 1 aliphatic carbocycles. The summed E-state index contributed by atoms with van der Waals surface area (Å²) in [7, 11) is 0. The molecule has 1 atom stereocenters. The summed E-state index contributed by atoms with van der Waals surface area (Å²) in [5.74, 6) is 0. The molecule has 3 aromatic rings. The highest BCUT2D eigenvalue weighted by atomic mass is 16.8. The van der Waals surface area contributed by atoms with Crippen LogP contribution in [0.4, 0.5) is 0 Å². The van der Waals surface area contributed by atoms with E-state index in [1.807, 2.05) is 6.08 Å². The number of aromatic nitrogens is 4. The number of fused-ring (bicyclic) bond motifs is 11. The molecule has 4 N–H and O–H groups in total. The Balaban J connectivity index is 1.58. The Bertz CT molecular complexity index is 2010. The van der Waals surface area contributed by atoms with Crippen LogP contribution in [0.25, 0.3) is 38.8 Å². The van der Waals surface area contributed by atoms with Gasteiger partial charge in [-0.3, -0.25) is 4.98 Å². The number of aliphatic hydroxyl groups excluding tert-OH is 2. The molecule has 0 radical (unpaired) electrons. The van der Waals surface area contributed by atoms with E-state index >= 15 is 0 Å². The molecule has 3 aromatic heterocycles. The lowest BCUT2D eigenvalue weighted by molar-refractivity contribution is -0.302. The maximum atomic E-state index is 9.76. The summed E-state index contributed by atoms with van der Waals surface area (Å²) in [4.78, 5) is 17.9. The Morgan fingerprint density at radius 1 is 0.848 bits per heavy atom. The van der Waals surface area contributed by atoms with E-state index in [1.54, 1.807) is 0 Å². The number of aliphatic hydroxyl groups is 2. The average molecular weight is 619 g/mol. The van der Waals surface area contributed by atoms with Gasteiger partial charge in [-0.05, 0) is 123 Å². The summed E-state index contributed by atoms with van der Waals surface area (Å²) < 4.78 is 11.4. The third kappa shape index (κ3) is 5.00. The molecule has 8 nitrogen and oxygen atoms in total. The minimum Gasteiger partial charge on any atom is -0.396 e. The second kappa shape index (κ2) is 11.9. The van der Waals surface area contributed by atoms with Crippen LogP contribution in [0, 0.1) is 13.8 Å². The Morgan fingerprint density at radius 2 is 1.50 bits per heavy atom. The maximum Gasteiger partial charge on any atom is 0.185 e. The summed E-state index contributed by atoms with van der Waals surface area (Å²) in [6.45, 7) is 13.3. The van der Waals surface area contributed by atoms with Gasteiger partial charge in [0.2, 0.25) is 0 Å². The number of allylic oxidation sites excluding steroid dienone is 6. The standard InChI is InChI=1S/C38H42N4O4/c1-6-25-21(2)30-16-35-28-12-11-24(37-45-20-46-37)19-38(28,5)36(42-35)18-31-23(4)27(10-8-14-44)34(41-31)17-33-26(9-7-13-43)22(3)29(40-33)15-32(25)39-30/h6,11-12,15-18,37,40-41,43-44H,1,7-10,13-14,19-20H2,2-5H3/t38-/m1/s1. The van der Waals surface area contributed by atoms with Crippen molar-refractivity contribution in [1.82, 2.24) is 19.9 Å². The molecule has 1 saturated heterocycles. The third-order valence-electron chi connectivity index (χ3n) is 10.1. The number of rotatable bonds is 8. The van der Waals surface area contributed by atoms with Crippen LogP contribution in [0.15, 0.2) is 54.6 Å². The summed E-state index contributed by atoms with van der Waals surface area (Å²) in [6, 6.07) is 8.60. The van der Waals surface area contributed by atoms with Gasteiger partial charge in [0.1, 0.15) is 0 Å². The summed E-state index contributed by atoms with van der Waals surface area (Å²) in [6.07, 6.45) is 9.41. The molecule has 3 aliphatic heterocycles. The molecule has 8 heteroatoms. The largest absolute Gasteiger partial charge is 0.396 e. The van der Waals surface area contributed by atoms with E-state index < -0.39 is 5.41 Å². The summed E-state index contributed by atoms with van der Waals surface area (Å²) in [5, 5.41) is 19.5. The number of hydrogen-bond acceptors (Lipinski definition) is 6. The summed E-state index contributed by atoms with van der Waals surface area (Å²) in [5.41, 5.74) is 16.2. The molecular formula is C38H42N4O4. The van der Waals surface area contributed by atoms with Crippen LogP contribution in [0.5, 0.6) is 0 Å². The van der Waals surface area contributed by atoms with Crippen LogP contribution >= 0.6 is 0 Å². The Hall–Kier alpha value is -4.08. The van der Waals surface area contributed by atoms with Crippen molar-refractivity contribution >= 4 is 38.8 Å². The molecule has 46 heavy (non-hydrogen) atoms. The predicted molar refractivity (Wildman–Crippen MR) is 183 cm³/mol. The normalized spacial score (nSPS) is 19.5. The number of hydrogen-bond donors (Lipinski definition) is 4. The minimum absolute atomic E-state index is 0.124. The number of nitrogens with one attached hydrogen (secondary N) is 2. The van der Waals surface area contributed by atoms with Gasteiger partial charge in [0.15, 0.2) is 13.1 Å². The van der Waals surface area contributed by atoms with Crippen molar-refractivity contribution in [1.29, 1.82) is 0 Å². The molecule has 4 aliphatic rings. The van der Waals surface area contributed by atoms with Crippen LogP contribution in [-0.2, 0) is 27.7 Å². The van der Waals surface area contributed by atoms with Gasteiger partial charge in [-0.1, -0.05) is 24.8 Å². The van der Waals surface area contributed by atoms with Gasteiger partial charge in [-0.25, -0.2) is 4.98 Å². The van der Waals surface area contributed by atoms with E-state index in [-0.39, 0.29) is 19.5 Å². The van der Waals surface area contributed by atoms with Crippen molar-refractivity contribution in [3.8, 4) is 0 Å². The second-order valence-corrected chi connectivity index (χ2v) is 13.0. The molecule has 6 heterocycles. The predicted octanol–water partition coefficient (Wildman–Crippen LogP) is 6.90. The highest BCUT2D eigenvalue weighted by Crippen LogP contribution is 2.49. The molecule has 0 saturated carbocycles. The lowest BCUT2D eigenvalue weighted by atomic mass is 9.72. The number of aromatic amines is 2. The first-order valence-corrected chi connectivity index (χ1v) is 16.2. The van der Waals surface area contributed by atoms with Crippen LogP contribution < -0.4 is 0 Å². The zero-order valence-electron chi connectivity index (χ0n) is 27.1. The van der Waals surface area contributed by atoms with E-state index in [2.05, 4.69) is 80.7 Å². The monoisotopic (exact) mass is 618 g/mol. The quantitative estimate of drug-likeness (QED) is 0.218. The van der Waals surface area contributed by atoms with Crippen LogP contribution in [0.3, 0.4) is 0 Å². The highest BCUT2D eigenvalue weighted by molar-refractivity contribution is 5.97. The number of nitrogens with zero attached hydrogens (tertiary/aromatic N) is 2. The number of aryl methyl sites for hydroxylation is 4. The Labute approximate surface area is 269 Å². The van der Waals surface area contributed by atoms with E-state index in [9.17, 15) is 10.2 Å². The molecule has 0 aromatic carbocycles. The van der Waals surface area contributed by atoms with E-state index in [0.29, 0.717) is 19.6 Å². The van der Waals surface area contributed by atoms with Crippen molar-refractivity contribution in [3.63, 3.8) is 0 Å². The van der Waals surface area contributed by atoms with Crippen molar-refractivity contribution < 1.29 is 19.7 Å². The van der Waals surface area contributed by atoms with Gasteiger partial charge < -0.3 is 29.7 Å². The van der Waals surface area contributed by atoms with E-state index in [4.69, 9.17) is 19.4 Å². The van der Waals surface area contributed by atoms with Crippen molar-refractivity contribution in [2.45, 2.75) is 71.5 Å². The van der Waals surface area contributed by atoms with E-state index in [0.717, 1.165) is 97.5 Å². The van der Waals surface area contributed by atoms with Crippen molar-refractivity contribution in [2.24, 2.45) is 0 Å². The van der Waals surface area contributed by atoms with Gasteiger partial charge in [-0.15, -0.1) is 0 Å². The Kier molecular flexibility index (Phi) is 7.93. The Morgan fingerprint density at radius 3 is 2.09 bits per heavy atom. The zero-order valence-corrected chi connectivity index (χ0v) is 27.1. The molecule has 1 fully saturated rings. The zero-order chi connectivity index (χ0) is 32.2. The second-order valence-electron chi connectivity index (χ2n) is 13.0. The van der Waals surface area contributed by atoms with Gasteiger partial charge >= 0.3 is 0 Å². The van der Waals surface area contributed by atoms with Crippen molar-refractivity contribution in [3.05, 3.63) is 99.7 Å². The first-order valence-electron chi connectivity index (χ1n) is 16.2. The van der Waals surface area contributed by atoms with Crippen molar-refractivity contribution in [2.75, 3.05) is 20.0 Å². The maximum absolute atomic E-state index is 9.76. The summed E-state index contributed by atoms with van der Waals surface area (Å²) >= 11 is 0. The van der Waals surface area contributed by atoms with Gasteiger partial charge in [-0.2, -0.15) is 0 Å². The van der Waals surface area contributed by atoms with Gasteiger partial charge in [0, 0.05) is 46.3 Å². The average Bonchev–Trinajstić information content (AvgIpc) is 3.65. The SMILES string of the molecule is C=CC1=C(C)c2cc3nc(cc4[nH]c(cc5[nH]c(cc1n2)c(C)c5CCCO)c(CCCO)c4C)[C@]1(C)CC(C2OCO2)=CC=C31. The van der Waals surface area contributed by atoms with Crippen LogP contribution in [-0.4, -0.2) is 56.4 Å². The molecular weight excluding hydrogens is 576 g/mol. The fourth-order valence-corrected chi connectivity index (χ4v) is 7.37. The third-order valence-corrected chi connectivity index (χ3v) is 10.1. The lowest BCUT2D eigenvalue weighted by Crippen LogP contribution is -2.36. The lowest BCUT2D eigenvalue weighted by Gasteiger charge is -2.36. The topological polar surface area (TPSA) is 116 Å². The molecule has 8 bridgehead atoms. The number of ether oxygens (including phenoxy) is 2. The fraction of sp³-hybridized carbons (Fsp3) is 0.368. The molecule has 0 unspecified atom stereocenters. The molecule has 0 spiro atoms. The molecule has 238 valence electrons. The van der Waals surface area contributed by atoms with Crippen LogP contribution in [0.1, 0.15) is 78.1 Å². The first-order chi connectivity index (χ1) is 22.2. The van der Waals surface area contributed by atoms with Gasteiger partial charge in [0.25, 0.3) is 0 Å². The minimum atomic E-state index is -0.391.